The van der Waals surface area contributed by atoms with E-state index in [9.17, 15) is 18.0 Å². The molecular formula is C25H33N3O6S. The number of methoxy groups -OCH3 is 2. The molecule has 9 nitrogen and oxygen atoms in total. The number of hydrogen-bond donors (Lipinski definition) is 2. The van der Waals surface area contributed by atoms with Gasteiger partial charge in [0.1, 0.15) is 6.04 Å². The van der Waals surface area contributed by atoms with Gasteiger partial charge in [0, 0.05) is 25.7 Å². The topological polar surface area (TPSA) is 114 Å². The van der Waals surface area contributed by atoms with Crippen LogP contribution in [0.4, 0.5) is 5.69 Å². The van der Waals surface area contributed by atoms with Crippen LogP contribution in [-0.2, 0) is 32.5 Å². The molecule has 1 aliphatic rings. The maximum atomic E-state index is 13.1. The van der Waals surface area contributed by atoms with Gasteiger partial charge in [-0.15, -0.1) is 0 Å². The van der Waals surface area contributed by atoms with Gasteiger partial charge in [0.05, 0.1) is 19.1 Å². The van der Waals surface area contributed by atoms with Crippen molar-refractivity contribution in [1.82, 2.24) is 10.0 Å². The number of hydrogen-bond acceptors (Lipinski definition) is 6. The van der Waals surface area contributed by atoms with Gasteiger partial charge < -0.3 is 19.7 Å². The summed E-state index contributed by atoms with van der Waals surface area (Å²) in [5.74, 6) is 0.476. The summed E-state index contributed by atoms with van der Waals surface area (Å²) < 4.78 is 39.3. The second-order valence-electron chi connectivity index (χ2n) is 8.78. The third kappa shape index (κ3) is 6.12. The average Bonchev–Trinajstić information content (AvgIpc) is 3.26. The first-order chi connectivity index (χ1) is 16.6. The first-order valence-corrected chi connectivity index (χ1v) is 13.0. The summed E-state index contributed by atoms with van der Waals surface area (Å²) >= 11 is 0. The summed E-state index contributed by atoms with van der Waals surface area (Å²) in [5.41, 5.74) is 2.47. The van der Waals surface area contributed by atoms with E-state index in [4.69, 9.17) is 9.47 Å². The van der Waals surface area contributed by atoms with Gasteiger partial charge in [-0.25, -0.2) is 8.42 Å². The molecule has 190 valence electrons. The van der Waals surface area contributed by atoms with Gasteiger partial charge in [-0.05, 0) is 60.2 Å². The van der Waals surface area contributed by atoms with Gasteiger partial charge in [-0.3, -0.25) is 9.59 Å². The molecule has 0 aliphatic carbocycles. The fraction of sp³-hybridized carbons (Fsp3) is 0.440. The molecule has 0 fully saturated rings. The highest BCUT2D eigenvalue weighted by Gasteiger charge is 2.30. The Morgan fingerprint density at radius 2 is 1.77 bits per heavy atom. The average molecular weight is 504 g/mol. The fourth-order valence-electron chi connectivity index (χ4n) is 4.08. The second kappa shape index (κ2) is 11.1. The van der Waals surface area contributed by atoms with Gasteiger partial charge in [0.25, 0.3) is 0 Å². The lowest BCUT2D eigenvalue weighted by molar-refractivity contribution is -0.123. The number of sulfonamides is 1. The highest BCUT2D eigenvalue weighted by atomic mass is 32.2. The number of anilines is 1. The molecule has 0 spiro atoms. The molecule has 35 heavy (non-hydrogen) atoms. The van der Waals surface area contributed by atoms with E-state index >= 15 is 0 Å². The van der Waals surface area contributed by atoms with E-state index in [-0.39, 0.29) is 16.7 Å². The van der Waals surface area contributed by atoms with Crippen LogP contribution >= 0.6 is 0 Å². The van der Waals surface area contributed by atoms with Crippen LogP contribution in [-0.4, -0.2) is 53.6 Å². The number of nitrogens with one attached hydrogen (secondary N) is 2. The van der Waals surface area contributed by atoms with Gasteiger partial charge in [-0.1, -0.05) is 19.9 Å². The van der Waals surface area contributed by atoms with Gasteiger partial charge in [0.2, 0.25) is 21.8 Å². The number of ether oxygens (including phenoxy) is 2. The van der Waals surface area contributed by atoms with E-state index in [2.05, 4.69) is 10.0 Å². The minimum absolute atomic E-state index is 0.0745. The number of rotatable bonds is 10. The Labute approximate surface area is 206 Å². The zero-order valence-corrected chi connectivity index (χ0v) is 21.6. The molecule has 0 aromatic heterocycles. The van der Waals surface area contributed by atoms with Crippen molar-refractivity contribution in [2.75, 3.05) is 32.2 Å². The van der Waals surface area contributed by atoms with E-state index in [1.807, 2.05) is 12.1 Å². The largest absolute Gasteiger partial charge is 0.493 e. The van der Waals surface area contributed by atoms with Crippen molar-refractivity contribution in [2.24, 2.45) is 5.92 Å². The third-order valence-corrected chi connectivity index (χ3v) is 7.47. The number of benzene rings is 2. The molecule has 10 heteroatoms. The summed E-state index contributed by atoms with van der Waals surface area (Å²) in [4.78, 5) is 26.3. The van der Waals surface area contributed by atoms with Crippen LogP contribution in [0.3, 0.4) is 0 Å². The van der Waals surface area contributed by atoms with Crippen molar-refractivity contribution in [3.8, 4) is 11.5 Å². The standard InChI is InChI=1S/C25H33N3O6S/c1-16(2)24(25(30)26-12-10-18-6-9-22(33-4)23(14-18)34-5)27-35(31,32)20-7-8-21-19(15-20)11-13-28(21)17(3)29/h6-9,14-16,24,27H,10-13H2,1-5H3,(H,26,30)/t24-/m1/s1. The lowest BCUT2D eigenvalue weighted by Crippen LogP contribution is -2.49. The molecule has 1 atom stereocenters. The first kappa shape index (κ1) is 26.5. The number of carbonyl (C=O) groups is 2. The predicted octanol–water partition coefficient (Wildman–Crippen LogP) is 2.27. The Hall–Kier alpha value is -3.11. The number of amides is 2. The van der Waals surface area contributed by atoms with Crippen molar-refractivity contribution >= 4 is 27.5 Å². The molecule has 2 aromatic carbocycles. The fourth-order valence-corrected chi connectivity index (χ4v) is 5.47. The smallest absolute Gasteiger partial charge is 0.241 e. The van der Waals surface area contributed by atoms with Crippen molar-refractivity contribution in [2.45, 2.75) is 44.6 Å². The molecular weight excluding hydrogens is 470 g/mol. The molecule has 0 radical (unpaired) electrons. The molecule has 0 saturated carbocycles. The molecule has 2 N–H and O–H groups in total. The SMILES string of the molecule is COc1ccc(CCNC(=O)[C@H](NS(=O)(=O)c2ccc3c(c2)CCN3C(C)=O)C(C)C)cc1OC. The van der Waals surface area contributed by atoms with Crippen LogP contribution in [0.1, 0.15) is 31.9 Å². The number of nitrogens with zero attached hydrogens (tertiary/aromatic N) is 1. The van der Waals surface area contributed by atoms with E-state index in [0.717, 1.165) is 16.8 Å². The maximum absolute atomic E-state index is 13.1. The molecule has 2 amide bonds. The molecule has 0 saturated heterocycles. The molecule has 2 aromatic rings. The van der Waals surface area contributed by atoms with Crippen molar-refractivity contribution < 1.29 is 27.5 Å². The van der Waals surface area contributed by atoms with E-state index in [0.29, 0.717) is 37.4 Å². The normalized spacial score (nSPS) is 13.9. The molecule has 3 rings (SSSR count). The van der Waals surface area contributed by atoms with E-state index in [1.54, 1.807) is 51.2 Å². The van der Waals surface area contributed by atoms with Crippen LogP contribution < -0.4 is 24.4 Å². The summed E-state index contributed by atoms with van der Waals surface area (Å²) in [6.07, 6.45) is 1.13. The van der Waals surface area contributed by atoms with Crippen molar-refractivity contribution in [3.63, 3.8) is 0 Å². The van der Waals surface area contributed by atoms with Crippen LogP contribution in [0.5, 0.6) is 11.5 Å². The van der Waals surface area contributed by atoms with Gasteiger partial charge >= 0.3 is 0 Å². The zero-order valence-electron chi connectivity index (χ0n) is 20.8. The Morgan fingerprint density at radius 1 is 1.06 bits per heavy atom. The minimum atomic E-state index is -3.95. The third-order valence-electron chi connectivity index (χ3n) is 6.03. The molecule has 1 aliphatic heterocycles. The quantitative estimate of drug-likeness (QED) is 0.514. The second-order valence-corrected chi connectivity index (χ2v) is 10.5. The lowest BCUT2D eigenvalue weighted by atomic mass is 10.0. The van der Waals surface area contributed by atoms with Crippen molar-refractivity contribution in [1.29, 1.82) is 0 Å². The van der Waals surface area contributed by atoms with Crippen LogP contribution in [0, 0.1) is 5.92 Å². The number of fused-ring (bicyclic) bond motifs is 1. The number of carbonyl (C=O) groups excluding carboxylic acids is 2. The Kier molecular flexibility index (Phi) is 8.39. The maximum Gasteiger partial charge on any atom is 0.241 e. The summed E-state index contributed by atoms with van der Waals surface area (Å²) in [7, 11) is -0.825. The van der Waals surface area contributed by atoms with E-state index < -0.39 is 22.0 Å². The predicted molar refractivity (Wildman–Crippen MR) is 133 cm³/mol. The highest BCUT2D eigenvalue weighted by Crippen LogP contribution is 2.30. The van der Waals surface area contributed by atoms with Crippen LogP contribution in [0.25, 0.3) is 0 Å². The Morgan fingerprint density at radius 3 is 2.40 bits per heavy atom. The Bertz CT molecular complexity index is 1200. The highest BCUT2D eigenvalue weighted by molar-refractivity contribution is 7.89. The van der Waals surface area contributed by atoms with Crippen molar-refractivity contribution in [3.05, 3.63) is 47.5 Å². The summed E-state index contributed by atoms with van der Waals surface area (Å²) in [6, 6.07) is 9.28. The lowest BCUT2D eigenvalue weighted by Gasteiger charge is -2.22. The van der Waals surface area contributed by atoms with Gasteiger partial charge in [0.15, 0.2) is 11.5 Å². The van der Waals surface area contributed by atoms with Gasteiger partial charge in [-0.2, -0.15) is 4.72 Å². The monoisotopic (exact) mass is 503 g/mol. The Balaban J connectivity index is 1.66. The van der Waals surface area contributed by atoms with Crippen LogP contribution in [0.15, 0.2) is 41.3 Å². The summed E-state index contributed by atoms with van der Waals surface area (Å²) in [5, 5.41) is 2.83. The molecule has 0 unspecified atom stereocenters. The molecule has 0 bridgehead atoms. The summed E-state index contributed by atoms with van der Waals surface area (Å²) in [6.45, 7) is 5.92. The minimum Gasteiger partial charge on any atom is -0.493 e. The van der Waals surface area contributed by atoms with E-state index in [1.165, 1.54) is 13.0 Å². The molecule has 1 heterocycles. The van der Waals surface area contributed by atoms with Crippen LogP contribution in [0.2, 0.25) is 0 Å². The zero-order chi connectivity index (χ0) is 25.8. The first-order valence-electron chi connectivity index (χ1n) is 11.5.